The van der Waals surface area contributed by atoms with Crippen molar-refractivity contribution in [1.29, 1.82) is 0 Å². The second-order valence-electron chi connectivity index (χ2n) is 14.6. The Hall–Kier alpha value is -2.86. The number of aromatic hydroxyl groups is 1. The summed E-state index contributed by atoms with van der Waals surface area (Å²) in [5.74, 6) is -7.10. The molecule has 3 aliphatic rings. The van der Waals surface area contributed by atoms with Crippen molar-refractivity contribution in [3.05, 3.63) is 22.8 Å². The number of benzene rings is 1. The molecule has 238 valence electrons. The van der Waals surface area contributed by atoms with Crippen LogP contribution in [0.25, 0.3) is 0 Å². The number of phenolic OH excluding ortho intramolecular Hbond substituents is 1. The number of aliphatic hydroxyl groups is 1. The van der Waals surface area contributed by atoms with Gasteiger partial charge in [-0.3, -0.25) is 24.1 Å². The maximum atomic E-state index is 14.4. The average Bonchev–Trinajstić information content (AvgIpc) is 2.85. The van der Waals surface area contributed by atoms with E-state index >= 15 is 0 Å². The molecule has 2 saturated carbocycles. The van der Waals surface area contributed by atoms with E-state index in [2.05, 4.69) is 39.9 Å². The number of carbonyl (C=O) groups excluding carboxylic acids is 4. The van der Waals surface area contributed by atoms with Gasteiger partial charge >= 0.3 is 0 Å². The van der Waals surface area contributed by atoms with Gasteiger partial charge in [-0.15, -0.1) is 0 Å². The zero-order valence-electron chi connectivity index (χ0n) is 26.7. The smallest absolute Gasteiger partial charge is 0.230 e. The maximum Gasteiger partial charge on any atom is 0.230 e. The standard InChI is InChI=1S/C32H47N3O8/c1-30(2,3)14-31(4,5)34-13-16-12-19(36)21-17(26(16)42-8)10-15-11-18-23(35(6)7)25(38)22(29(33)41)28(40)32(18,43-9)27(39)20(15)24(21)37/h12,15,18,20,22-23,28,34,36,40H,10-11,13-14H2,1-9H3,(H2,33,41). The van der Waals surface area contributed by atoms with Gasteiger partial charge in [0.2, 0.25) is 5.91 Å². The number of carbonyl (C=O) groups is 4. The van der Waals surface area contributed by atoms with Gasteiger partial charge in [-0.2, -0.15) is 0 Å². The van der Waals surface area contributed by atoms with Gasteiger partial charge < -0.3 is 30.7 Å². The highest BCUT2D eigenvalue weighted by Crippen LogP contribution is 2.54. The zero-order valence-corrected chi connectivity index (χ0v) is 26.7. The Bertz CT molecular complexity index is 1330. The maximum absolute atomic E-state index is 14.4. The van der Waals surface area contributed by atoms with E-state index in [0.717, 1.165) is 6.42 Å². The first kappa shape index (κ1) is 33.0. The highest BCUT2D eigenvalue weighted by Gasteiger charge is 2.70. The third-order valence-corrected chi connectivity index (χ3v) is 9.55. The zero-order chi connectivity index (χ0) is 32.4. The molecule has 4 rings (SSSR count). The minimum absolute atomic E-state index is 0.00541. The van der Waals surface area contributed by atoms with Crippen LogP contribution in [0.15, 0.2) is 6.07 Å². The van der Waals surface area contributed by atoms with E-state index in [0.29, 0.717) is 23.4 Å². The molecule has 1 amide bonds. The summed E-state index contributed by atoms with van der Waals surface area (Å²) >= 11 is 0. The number of phenols is 1. The molecule has 11 heteroatoms. The van der Waals surface area contributed by atoms with E-state index in [4.69, 9.17) is 15.2 Å². The fourth-order valence-corrected chi connectivity index (χ4v) is 8.37. The number of nitrogens with one attached hydrogen (secondary N) is 1. The number of methoxy groups -OCH3 is 2. The highest BCUT2D eigenvalue weighted by molar-refractivity contribution is 6.18. The van der Waals surface area contributed by atoms with Gasteiger partial charge in [0.15, 0.2) is 23.0 Å². The number of hydrogen-bond acceptors (Lipinski definition) is 10. The first-order chi connectivity index (χ1) is 19.8. The third kappa shape index (κ3) is 5.38. The molecule has 11 nitrogen and oxygen atoms in total. The van der Waals surface area contributed by atoms with Gasteiger partial charge in [0, 0.05) is 36.2 Å². The summed E-state index contributed by atoms with van der Waals surface area (Å²) in [5.41, 5.74) is 4.57. The summed E-state index contributed by atoms with van der Waals surface area (Å²) in [6.45, 7) is 11.1. The lowest BCUT2D eigenvalue weighted by Gasteiger charge is -2.57. The number of ketones is 3. The van der Waals surface area contributed by atoms with Crippen molar-refractivity contribution in [3.63, 3.8) is 0 Å². The summed E-state index contributed by atoms with van der Waals surface area (Å²) < 4.78 is 11.6. The number of amides is 1. The summed E-state index contributed by atoms with van der Waals surface area (Å²) in [5, 5.41) is 26.1. The van der Waals surface area contributed by atoms with Crippen LogP contribution in [0.5, 0.6) is 11.5 Å². The minimum atomic E-state index is -2.01. The van der Waals surface area contributed by atoms with Crippen molar-refractivity contribution in [1.82, 2.24) is 10.2 Å². The van der Waals surface area contributed by atoms with Crippen LogP contribution in [0.2, 0.25) is 0 Å². The van der Waals surface area contributed by atoms with Gasteiger partial charge in [-0.05, 0) is 64.6 Å². The Labute approximate surface area is 253 Å². The molecular formula is C32H47N3O8. The van der Waals surface area contributed by atoms with Crippen LogP contribution in [0.1, 0.15) is 68.9 Å². The Kier molecular flexibility index (Phi) is 8.64. The van der Waals surface area contributed by atoms with Crippen LogP contribution >= 0.6 is 0 Å². The Morgan fingerprint density at radius 1 is 1.16 bits per heavy atom. The number of nitrogens with zero attached hydrogens (tertiary/aromatic N) is 1. The lowest BCUT2D eigenvalue weighted by Crippen LogP contribution is -2.76. The number of rotatable bonds is 8. The SMILES string of the molecule is COc1c(CNC(C)(C)CC(C)(C)C)cc(O)c2c1CC1CC3C(N(C)C)C(=O)C(C(N)=O)C(O)C3(OC)C(=O)C1C2=O. The molecule has 0 spiro atoms. The van der Waals surface area contributed by atoms with E-state index in [1.807, 2.05) is 0 Å². The van der Waals surface area contributed by atoms with Crippen LogP contribution in [0, 0.1) is 29.1 Å². The monoisotopic (exact) mass is 601 g/mol. The normalized spacial score (nSPS) is 31.0. The van der Waals surface area contributed by atoms with E-state index in [9.17, 15) is 29.4 Å². The fourth-order valence-electron chi connectivity index (χ4n) is 8.37. The molecule has 7 atom stereocenters. The topological polar surface area (TPSA) is 168 Å². The Morgan fingerprint density at radius 3 is 2.30 bits per heavy atom. The largest absolute Gasteiger partial charge is 0.507 e. The van der Waals surface area contributed by atoms with Crippen molar-refractivity contribution in [2.75, 3.05) is 28.3 Å². The van der Waals surface area contributed by atoms with Crippen molar-refractivity contribution in [2.45, 2.75) is 83.7 Å². The number of ether oxygens (including phenoxy) is 2. The second kappa shape index (κ2) is 11.3. The van der Waals surface area contributed by atoms with E-state index in [-0.39, 0.29) is 35.1 Å². The lowest BCUT2D eigenvalue weighted by molar-refractivity contribution is -0.211. The number of likely N-dealkylation sites (N-methyl/N-ethyl adjacent to an activating group) is 1. The van der Waals surface area contributed by atoms with E-state index < -0.39 is 64.7 Å². The first-order valence-corrected chi connectivity index (χ1v) is 14.8. The predicted molar refractivity (Wildman–Crippen MR) is 159 cm³/mol. The molecular weight excluding hydrogens is 554 g/mol. The number of hydrogen-bond donors (Lipinski definition) is 4. The van der Waals surface area contributed by atoms with Crippen molar-refractivity contribution < 1.29 is 38.9 Å². The molecule has 0 radical (unpaired) electrons. The number of primary amides is 1. The van der Waals surface area contributed by atoms with E-state index in [1.54, 1.807) is 19.0 Å². The summed E-state index contributed by atoms with van der Waals surface area (Å²) in [4.78, 5) is 55.9. The van der Waals surface area contributed by atoms with Gasteiger partial charge in [0.1, 0.15) is 23.5 Å². The summed E-state index contributed by atoms with van der Waals surface area (Å²) in [6, 6.07) is 0.538. The molecule has 5 N–H and O–H groups in total. The highest BCUT2D eigenvalue weighted by atomic mass is 16.5. The quantitative estimate of drug-likeness (QED) is 0.321. The van der Waals surface area contributed by atoms with E-state index in [1.165, 1.54) is 20.3 Å². The molecule has 0 bridgehead atoms. The third-order valence-electron chi connectivity index (χ3n) is 9.55. The minimum Gasteiger partial charge on any atom is -0.507 e. The van der Waals surface area contributed by atoms with Gasteiger partial charge in [-0.1, -0.05) is 20.8 Å². The molecule has 0 aliphatic heterocycles. The molecule has 0 heterocycles. The van der Waals surface area contributed by atoms with Crippen LogP contribution in [-0.4, -0.2) is 90.0 Å². The number of nitrogens with two attached hydrogens (primary N) is 1. The molecule has 2 fully saturated rings. The van der Waals surface area contributed by atoms with Crippen molar-refractivity contribution in [3.8, 4) is 11.5 Å². The molecule has 3 aliphatic carbocycles. The number of fused-ring (bicyclic) bond motifs is 3. The molecule has 7 unspecified atom stereocenters. The number of Topliss-reactive ketones (excluding diaryl/α,β-unsaturated/α-hetero) is 3. The van der Waals surface area contributed by atoms with Crippen LogP contribution in [-0.2, 0) is 32.1 Å². The fraction of sp³-hybridized carbons (Fsp3) is 0.688. The molecule has 0 saturated heterocycles. The molecule has 1 aromatic carbocycles. The van der Waals surface area contributed by atoms with Crippen molar-refractivity contribution >= 4 is 23.3 Å². The Morgan fingerprint density at radius 2 is 1.79 bits per heavy atom. The van der Waals surface area contributed by atoms with Crippen LogP contribution < -0.4 is 15.8 Å². The summed E-state index contributed by atoms with van der Waals surface area (Å²) in [7, 11) is 6.05. The molecule has 0 aromatic heterocycles. The lowest BCUT2D eigenvalue weighted by atomic mass is 9.51. The Balaban J connectivity index is 1.79. The molecule has 43 heavy (non-hydrogen) atoms. The van der Waals surface area contributed by atoms with Crippen LogP contribution in [0.4, 0.5) is 0 Å². The average molecular weight is 602 g/mol. The summed E-state index contributed by atoms with van der Waals surface area (Å²) in [6.07, 6.45) is -0.565. The van der Waals surface area contributed by atoms with Gasteiger partial charge in [0.05, 0.1) is 24.6 Å². The number of aliphatic hydroxyl groups excluding tert-OH is 1. The predicted octanol–water partition coefficient (Wildman–Crippen LogP) is 1.63. The van der Waals surface area contributed by atoms with Gasteiger partial charge in [0.25, 0.3) is 0 Å². The van der Waals surface area contributed by atoms with Crippen molar-refractivity contribution in [2.24, 2.45) is 34.8 Å². The van der Waals surface area contributed by atoms with Gasteiger partial charge in [-0.25, -0.2) is 0 Å². The first-order valence-electron chi connectivity index (χ1n) is 14.8. The molecule has 1 aromatic rings. The van der Waals surface area contributed by atoms with Crippen LogP contribution in [0.3, 0.4) is 0 Å². The second-order valence-corrected chi connectivity index (χ2v) is 14.6.